The Morgan fingerprint density at radius 1 is 1.26 bits per heavy atom. The van der Waals surface area contributed by atoms with Gasteiger partial charge in [-0.3, -0.25) is 4.79 Å². The third-order valence-electron chi connectivity index (χ3n) is 2.54. The van der Waals surface area contributed by atoms with Gasteiger partial charge in [0.25, 0.3) is 5.91 Å². The van der Waals surface area contributed by atoms with Crippen LogP contribution in [0, 0.1) is 11.6 Å². The third kappa shape index (κ3) is 2.88. The molecule has 0 N–H and O–H groups in total. The second-order valence-corrected chi connectivity index (χ2v) is 4.19. The van der Waals surface area contributed by atoms with E-state index in [1.807, 2.05) is 0 Å². The fourth-order valence-electron chi connectivity index (χ4n) is 1.56. The fraction of sp³-hybridized carbons (Fsp3) is 0.0769. The molecule has 2 aromatic rings. The van der Waals surface area contributed by atoms with Crippen molar-refractivity contribution in [1.29, 1.82) is 0 Å². The normalized spacial score (nSPS) is 10.3. The lowest BCUT2D eigenvalue weighted by molar-refractivity contribution is 0.0992. The Balaban J connectivity index is 2.36. The zero-order chi connectivity index (χ0) is 14.0. The highest BCUT2D eigenvalue weighted by atomic mass is 35.5. The zero-order valence-corrected chi connectivity index (χ0v) is 10.7. The molecule has 0 bridgehead atoms. The van der Waals surface area contributed by atoms with Crippen LogP contribution >= 0.6 is 11.6 Å². The molecule has 98 valence electrons. The first-order valence-corrected chi connectivity index (χ1v) is 5.71. The van der Waals surface area contributed by atoms with E-state index in [9.17, 15) is 13.6 Å². The van der Waals surface area contributed by atoms with E-state index in [-0.39, 0.29) is 10.7 Å². The number of pyridine rings is 1. The van der Waals surface area contributed by atoms with Crippen LogP contribution in [0.1, 0.15) is 10.4 Å². The maximum atomic E-state index is 13.1. The topological polar surface area (TPSA) is 33.2 Å². The molecule has 0 fully saturated rings. The first kappa shape index (κ1) is 13.4. The van der Waals surface area contributed by atoms with Crippen LogP contribution in [0.15, 0.2) is 36.5 Å². The lowest BCUT2D eigenvalue weighted by Gasteiger charge is -2.17. The molecule has 0 aliphatic carbocycles. The van der Waals surface area contributed by atoms with E-state index >= 15 is 0 Å². The summed E-state index contributed by atoms with van der Waals surface area (Å²) in [6, 6.07) is 6.48. The molecule has 0 spiro atoms. The van der Waals surface area contributed by atoms with Crippen LogP contribution in [0.25, 0.3) is 0 Å². The van der Waals surface area contributed by atoms with Crippen molar-refractivity contribution in [2.24, 2.45) is 0 Å². The molecule has 6 heteroatoms. The number of benzene rings is 1. The maximum Gasteiger partial charge on any atom is 0.261 e. The molecule has 19 heavy (non-hydrogen) atoms. The van der Waals surface area contributed by atoms with E-state index in [1.54, 1.807) is 6.07 Å². The van der Waals surface area contributed by atoms with E-state index in [0.29, 0.717) is 5.69 Å². The minimum absolute atomic E-state index is 0.0755. The highest BCUT2D eigenvalue weighted by Crippen LogP contribution is 2.20. The van der Waals surface area contributed by atoms with Crippen molar-refractivity contribution in [3.05, 3.63) is 58.9 Å². The van der Waals surface area contributed by atoms with E-state index in [0.717, 1.165) is 12.3 Å². The van der Waals surface area contributed by atoms with Crippen molar-refractivity contribution >= 4 is 23.2 Å². The van der Waals surface area contributed by atoms with Crippen molar-refractivity contribution in [3.8, 4) is 0 Å². The molecular weight excluding hydrogens is 274 g/mol. The van der Waals surface area contributed by atoms with Crippen LogP contribution in [-0.4, -0.2) is 17.9 Å². The average Bonchev–Trinajstić information content (AvgIpc) is 2.40. The highest BCUT2D eigenvalue weighted by Gasteiger charge is 2.18. The van der Waals surface area contributed by atoms with Crippen molar-refractivity contribution in [1.82, 2.24) is 4.98 Å². The van der Waals surface area contributed by atoms with Gasteiger partial charge in [0, 0.05) is 12.7 Å². The van der Waals surface area contributed by atoms with Crippen molar-refractivity contribution in [2.45, 2.75) is 0 Å². The number of anilines is 1. The van der Waals surface area contributed by atoms with Gasteiger partial charge in [-0.2, -0.15) is 0 Å². The van der Waals surface area contributed by atoms with Crippen molar-refractivity contribution < 1.29 is 13.6 Å². The van der Waals surface area contributed by atoms with Crippen LogP contribution in [-0.2, 0) is 0 Å². The molecule has 0 aliphatic rings. The number of aromatic nitrogens is 1. The first-order chi connectivity index (χ1) is 8.99. The summed E-state index contributed by atoms with van der Waals surface area (Å²) in [5.74, 6) is -1.70. The zero-order valence-electron chi connectivity index (χ0n) is 9.90. The number of halogens is 3. The summed E-state index contributed by atoms with van der Waals surface area (Å²) in [5, 5.41) is -0.102. The monoisotopic (exact) mass is 282 g/mol. The molecule has 2 rings (SSSR count). The number of carbonyl (C=O) groups is 1. The third-order valence-corrected chi connectivity index (χ3v) is 2.84. The summed E-state index contributed by atoms with van der Waals surface area (Å²) in [5.41, 5.74) is 0.263. The van der Waals surface area contributed by atoms with Crippen LogP contribution in [0.5, 0.6) is 0 Å². The molecule has 1 aromatic carbocycles. The molecule has 0 radical (unpaired) electrons. The Bertz CT molecular complexity index is 634. The van der Waals surface area contributed by atoms with Gasteiger partial charge in [-0.25, -0.2) is 13.8 Å². The number of amides is 1. The summed E-state index contributed by atoms with van der Waals surface area (Å²) in [7, 11) is 1.44. The fourth-order valence-corrected chi connectivity index (χ4v) is 1.74. The molecule has 0 atom stereocenters. The largest absolute Gasteiger partial charge is 0.311 e. The predicted octanol–water partition coefficient (Wildman–Crippen LogP) is 3.29. The Morgan fingerprint density at radius 3 is 2.68 bits per heavy atom. The standard InChI is InChI=1S/C13H9ClF2N2O/c1-18(10-4-2-3-8(15)5-10)13(19)11-6-9(16)7-17-12(11)14/h2-7H,1H3. The van der Waals surface area contributed by atoms with Gasteiger partial charge in [-0.1, -0.05) is 17.7 Å². The Kier molecular flexibility index (Phi) is 3.76. The van der Waals surface area contributed by atoms with Crippen molar-refractivity contribution in [3.63, 3.8) is 0 Å². The molecule has 1 heterocycles. The van der Waals surface area contributed by atoms with Crippen LogP contribution in [0.3, 0.4) is 0 Å². The number of nitrogens with zero attached hydrogens (tertiary/aromatic N) is 2. The molecule has 0 saturated heterocycles. The van der Waals surface area contributed by atoms with Gasteiger partial charge in [-0.05, 0) is 24.3 Å². The van der Waals surface area contributed by atoms with Gasteiger partial charge < -0.3 is 4.90 Å². The van der Waals surface area contributed by atoms with Gasteiger partial charge in [0.2, 0.25) is 0 Å². The highest BCUT2D eigenvalue weighted by molar-refractivity contribution is 6.33. The summed E-state index contributed by atoms with van der Waals surface area (Å²) in [6.07, 6.45) is 0.918. The predicted molar refractivity (Wildman–Crippen MR) is 68.3 cm³/mol. The van der Waals surface area contributed by atoms with E-state index in [4.69, 9.17) is 11.6 Å². The Morgan fingerprint density at radius 2 is 2.00 bits per heavy atom. The van der Waals surface area contributed by atoms with Crippen LogP contribution in [0.2, 0.25) is 5.15 Å². The molecule has 0 saturated carbocycles. The molecule has 3 nitrogen and oxygen atoms in total. The van der Waals surface area contributed by atoms with Gasteiger partial charge in [0.15, 0.2) is 0 Å². The van der Waals surface area contributed by atoms with E-state index in [2.05, 4.69) is 4.98 Å². The number of carbonyl (C=O) groups excluding carboxylic acids is 1. The second-order valence-electron chi connectivity index (χ2n) is 3.84. The van der Waals surface area contributed by atoms with Crippen LogP contribution in [0.4, 0.5) is 14.5 Å². The van der Waals surface area contributed by atoms with Gasteiger partial charge >= 0.3 is 0 Å². The summed E-state index contributed by atoms with van der Waals surface area (Å²) in [4.78, 5) is 16.9. The summed E-state index contributed by atoms with van der Waals surface area (Å²) >= 11 is 5.75. The maximum absolute atomic E-state index is 13.1. The molecule has 1 aromatic heterocycles. The van der Waals surface area contributed by atoms with Crippen LogP contribution < -0.4 is 4.90 Å². The molecular formula is C13H9ClF2N2O. The van der Waals surface area contributed by atoms with Gasteiger partial charge in [0.1, 0.15) is 16.8 Å². The lowest BCUT2D eigenvalue weighted by atomic mass is 10.2. The Hall–Kier alpha value is -2.01. The smallest absolute Gasteiger partial charge is 0.261 e. The quantitative estimate of drug-likeness (QED) is 0.792. The van der Waals surface area contributed by atoms with E-state index < -0.39 is 17.5 Å². The van der Waals surface area contributed by atoms with Gasteiger partial charge in [0.05, 0.1) is 11.8 Å². The van der Waals surface area contributed by atoms with Crippen molar-refractivity contribution in [2.75, 3.05) is 11.9 Å². The SMILES string of the molecule is CN(C(=O)c1cc(F)cnc1Cl)c1cccc(F)c1. The first-order valence-electron chi connectivity index (χ1n) is 5.33. The van der Waals surface area contributed by atoms with E-state index in [1.165, 1.54) is 30.1 Å². The number of rotatable bonds is 2. The molecule has 0 aliphatic heterocycles. The molecule has 0 unspecified atom stereocenters. The number of hydrogen-bond acceptors (Lipinski definition) is 2. The van der Waals surface area contributed by atoms with Gasteiger partial charge in [-0.15, -0.1) is 0 Å². The average molecular weight is 283 g/mol. The summed E-state index contributed by atoms with van der Waals surface area (Å²) in [6.45, 7) is 0. The second kappa shape index (κ2) is 5.32. The minimum atomic E-state index is -0.666. The summed E-state index contributed by atoms with van der Waals surface area (Å²) < 4.78 is 26.2. The lowest BCUT2D eigenvalue weighted by Crippen LogP contribution is -2.26. The minimum Gasteiger partial charge on any atom is -0.311 e. The Labute approximate surface area is 113 Å². The number of hydrogen-bond donors (Lipinski definition) is 0. The molecule has 1 amide bonds.